The standard InChI is InChI=1S/C10H15F3N4OS/c1-6-15-7(5-19-6)3-17(2)4-8(9(14)16-18)10(11,12)13/h5,8,18H,3-4H2,1-2H3,(H2,14,16). The lowest BCUT2D eigenvalue weighted by Crippen LogP contribution is -2.43. The Kier molecular flexibility index (Phi) is 5.12. The molecule has 108 valence electrons. The first kappa shape index (κ1) is 15.7. The molecule has 5 nitrogen and oxygen atoms in total. The third kappa shape index (κ3) is 4.67. The highest BCUT2D eigenvalue weighted by molar-refractivity contribution is 7.09. The average molecular weight is 296 g/mol. The number of thiazole rings is 1. The van der Waals surface area contributed by atoms with Gasteiger partial charge in [-0.2, -0.15) is 13.2 Å². The number of nitrogens with two attached hydrogens (primary N) is 1. The molecular formula is C10H15F3N4OS. The summed E-state index contributed by atoms with van der Waals surface area (Å²) in [5.74, 6) is -2.84. The number of aromatic nitrogens is 1. The molecule has 0 fully saturated rings. The minimum atomic E-state index is -4.55. The van der Waals surface area contributed by atoms with Crippen molar-refractivity contribution < 1.29 is 18.4 Å². The highest BCUT2D eigenvalue weighted by Gasteiger charge is 2.43. The molecule has 0 saturated carbocycles. The van der Waals surface area contributed by atoms with Crippen LogP contribution >= 0.6 is 11.3 Å². The molecule has 0 aliphatic rings. The number of nitrogens with zero attached hydrogens (tertiary/aromatic N) is 3. The van der Waals surface area contributed by atoms with Gasteiger partial charge in [-0.25, -0.2) is 4.98 Å². The van der Waals surface area contributed by atoms with E-state index in [-0.39, 0.29) is 6.54 Å². The average Bonchev–Trinajstić information content (AvgIpc) is 2.69. The number of amidine groups is 1. The second-order valence-corrected chi connectivity index (χ2v) is 5.24. The molecule has 0 aromatic carbocycles. The van der Waals surface area contributed by atoms with Crippen LogP contribution < -0.4 is 5.73 Å². The molecular weight excluding hydrogens is 281 g/mol. The maximum absolute atomic E-state index is 12.7. The SMILES string of the molecule is Cc1nc(CN(C)CC(C(N)=NO)C(F)(F)F)cs1. The van der Waals surface area contributed by atoms with E-state index in [2.05, 4.69) is 10.1 Å². The molecule has 1 unspecified atom stereocenters. The van der Waals surface area contributed by atoms with Crippen molar-refractivity contribution in [2.24, 2.45) is 16.8 Å². The maximum Gasteiger partial charge on any atom is 0.400 e. The number of hydrogen-bond acceptors (Lipinski definition) is 5. The number of aryl methyl sites for hydroxylation is 1. The molecule has 9 heteroatoms. The van der Waals surface area contributed by atoms with Crippen LogP contribution in [0.25, 0.3) is 0 Å². The summed E-state index contributed by atoms with van der Waals surface area (Å²) in [4.78, 5) is 5.61. The topological polar surface area (TPSA) is 74.7 Å². The van der Waals surface area contributed by atoms with Gasteiger partial charge in [-0.05, 0) is 14.0 Å². The first-order valence-corrected chi connectivity index (χ1v) is 6.25. The van der Waals surface area contributed by atoms with Gasteiger partial charge in [0.1, 0.15) is 5.92 Å². The molecule has 1 atom stereocenters. The third-order valence-corrected chi connectivity index (χ3v) is 3.28. The van der Waals surface area contributed by atoms with Gasteiger partial charge in [0.2, 0.25) is 0 Å². The molecule has 0 radical (unpaired) electrons. The molecule has 1 heterocycles. The first-order valence-electron chi connectivity index (χ1n) is 5.37. The highest BCUT2D eigenvalue weighted by atomic mass is 32.1. The van der Waals surface area contributed by atoms with Crippen LogP contribution in [0.15, 0.2) is 10.5 Å². The summed E-state index contributed by atoms with van der Waals surface area (Å²) in [6, 6.07) is 0. The normalized spacial score (nSPS) is 14.9. The minimum Gasteiger partial charge on any atom is -0.409 e. The van der Waals surface area contributed by atoms with E-state index >= 15 is 0 Å². The molecule has 0 aliphatic heterocycles. The van der Waals surface area contributed by atoms with Crippen molar-refractivity contribution in [1.29, 1.82) is 0 Å². The molecule has 0 amide bonds. The van der Waals surface area contributed by atoms with Crippen molar-refractivity contribution in [3.05, 3.63) is 16.1 Å². The van der Waals surface area contributed by atoms with E-state index in [0.29, 0.717) is 5.69 Å². The van der Waals surface area contributed by atoms with Crippen LogP contribution in [0.3, 0.4) is 0 Å². The van der Waals surface area contributed by atoms with Crippen molar-refractivity contribution >= 4 is 17.2 Å². The predicted molar refractivity (Wildman–Crippen MR) is 66.1 cm³/mol. The van der Waals surface area contributed by atoms with Gasteiger partial charge in [0.05, 0.1) is 10.7 Å². The molecule has 0 saturated heterocycles. The molecule has 19 heavy (non-hydrogen) atoms. The van der Waals surface area contributed by atoms with Crippen molar-refractivity contribution in [3.63, 3.8) is 0 Å². The van der Waals surface area contributed by atoms with E-state index in [1.807, 2.05) is 6.92 Å². The zero-order valence-corrected chi connectivity index (χ0v) is 11.3. The number of halogens is 3. The second kappa shape index (κ2) is 6.20. The number of rotatable bonds is 5. The Hall–Kier alpha value is -1.35. The molecule has 0 bridgehead atoms. The van der Waals surface area contributed by atoms with E-state index in [0.717, 1.165) is 5.01 Å². The van der Waals surface area contributed by atoms with Crippen LogP contribution in [-0.2, 0) is 6.54 Å². The molecule has 3 N–H and O–H groups in total. The van der Waals surface area contributed by atoms with E-state index in [4.69, 9.17) is 10.9 Å². The Morgan fingerprint density at radius 1 is 1.63 bits per heavy atom. The highest BCUT2D eigenvalue weighted by Crippen LogP contribution is 2.27. The molecule has 0 spiro atoms. The Bertz CT molecular complexity index is 446. The predicted octanol–water partition coefficient (Wildman–Crippen LogP) is 1.81. The van der Waals surface area contributed by atoms with Gasteiger partial charge in [-0.1, -0.05) is 5.16 Å². The number of alkyl halides is 3. The Morgan fingerprint density at radius 2 is 2.26 bits per heavy atom. The minimum absolute atomic E-state index is 0.273. The van der Waals surface area contributed by atoms with Crippen LogP contribution in [0.2, 0.25) is 0 Å². The lowest BCUT2D eigenvalue weighted by atomic mass is 10.1. The van der Waals surface area contributed by atoms with Crippen molar-refractivity contribution in [1.82, 2.24) is 9.88 Å². The zero-order valence-electron chi connectivity index (χ0n) is 10.5. The largest absolute Gasteiger partial charge is 0.409 e. The van der Waals surface area contributed by atoms with Crippen LogP contribution in [-0.4, -0.2) is 40.7 Å². The summed E-state index contributed by atoms with van der Waals surface area (Å²) in [7, 11) is 1.53. The van der Waals surface area contributed by atoms with E-state index in [9.17, 15) is 13.2 Å². The lowest BCUT2D eigenvalue weighted by Gasteiger charge is -2.24. The van der Waals surface area contributed by atoms with Crippen molar-refractivity contribution in [2.75, 3.05) is 13.6 Å². The van der Waals surface area contributed by atoms with Gasteiger partial charge in [-0.15, -0.1) is 11.3 Å². The first-order chi connectivity index (χ1) is 8.74. The quantitative estimate of drug-likeness (QED) is 0.376. The van der Waals surface area contributed by atoms with Gasteiger partial charge in [-0.3, -0.25) is 4.90 Å². The third-order valence-electron chi connectivity index (χ3n) is 2.46. The van der Waals surface area contributed by atoms with Crippen LogP contribution in [0.4, 0.5) is 13.2 Å². The summed E-state index contributed by atoms with van der Waals surface area (Å²) < 4.78 is 38.2. The van der Waals surface area contributed by atoms with Gasteiger partial charge >= 0.3 is 6.18 Å². The Balaban J connectivity index is 2.69. The van der Waals surface area contributed by atoms with Gasteiger partial charge in [0.15, 0.2) is 5.84 Å². The van der Waals surface area contributed by atoms with E-state index in [1.165, 1.54) is 23.3 Å². The van der Waals surface area contributed by atoms with Gasteiger partial charge in [0.25, 0.3) is 0 Å². The lowest BCUT2D eigenvalue weighted by molar-refractivity contribution is -0.159. The molecule has 0 aliphatic carbocycles. The summed E-state index contributed by atoms with van der Waals surface area (Å²) >= 11 is 1.43. The van der Waals surface area contributed by atoms with Gasteiger partial charge in [0, 0.05) is 18.5 Å². The fourth-order valence-corrected chi connectivity index (χ4v) is 2.17. The summed E-state index contributed by atoms with van der Waals surface area (Å²) in [6.45, 7) is 1.70. The van der Waals surface area contributed by atoms with Crippen molar-refractivity contribution in [2.45, 2.75) is 19.6 Å². The Labute approximate surface area is 112 Å². The fourth-order valence-electron chi connectivity index (χ4n) is 1.57. The molecule has 1 rings (SSSR count). The van der Waals surface area contributed by atoms with Crippen molar-refractivity contribution in [3.8, 4) is 0 Å². The summed E-state index contributed by atoms with van der Waals surface area (Å²) in [5, 5.41) is 13.5. The van der Waals surface area contributed by atoms with E-state index < -0.39 is 24.5 Å². The molecule has 1 aromatic heterocycles. The smallest absolute Gasteiger partial charge is 0.400 e. The van der Waals surface area contributed by atoms with Crippen LogP contribution in [0.1, 0.15) is 10.7 Å². The van der Waals surface area contributed by atoms with Crippen LogP contribution in [0.5, 0.6) is 0 Å². The summed E-state index contributed by atoms with van der Waals surface area (Å²) in [6.07, 6.45) is -4.55. The maximum atomic E-state index is 12.7. The number of oxime groups is 1. The van der Waals surface area contributed by atoms with Gasteiger partial charge < -0.3 is 10.9 Å². The monoisotopic (exact) mass is 296 g/mol. The fraction of sp³-hybridized carbons (Fsp3) is 0.600. The molecule has 1 aromatic rings. The Morgan fingerprint density at radius 3 is 2.68 bits per heavy atom. The van der Waals surface area contributed by atoms with E-state index in [1.54, 1.807) is 5.38 Å². The van der Waals surface area contributed by atoms with Crippen LogP contribution in [0, 0.1) is 12.8 Å². The zero-order chi connectivity index (χ0) is 14.6. The number of hydrogen-bond donors (Lipinski definition) is 2. The second-order valence-electron chi connectivity index (χ2n) is 4.17. The summed E-state index contributed by atoms with van der Waals surface area (Å²) in [5.41, 5.74) is 5.79.